The third-order valence-electron chi connectivity index (χ3n) is 8.74. The molecular weight excluding hydrogens is 434 g/mol. The van der Waals surface area contributed by atoms with Crippen LogP contribution in [0, 0.1) is 0 Å². The zero-order valence-electron chi connectivity index (χ0n) is 19.6. The summed E-state index contributed by atoms with van der Waals surface area (Å²) in [4.78, 5) is 4.65. The minimum atomic E-state index is -0.271. The van der Waals surface area contributed by atoms with Gasteiger partial charge in [-0.1, -0.05) is 91.0 Å². The number of pyridine rings is 1. The molecule has 0 saturated heterocycles. The first-order valence-electron chi connectivity index (χ1n) is 12.7. The largest absolute Gasteiger partial charge is 0.256 e. The van der Waals surface area contributed by atoms with Crippen LogP contribution in [0.4, 0.5) is 0 Å². The molecule has 1 aromatic heterocycles. The number of benzene rings is 5. The van der Waals surface area contributed by atoms with Crippen molar-refractivity contribution in [2.75, 3.05) is 0 Å². The molecule has 9 rings (SSSR count). The minimum Gasteiger partial charge on any atom is -0.256 e. The molecule has 36 heavy (non-hydrogen) atoms. The first-order valence-corrected chi connectivity index (χ1v) is 12.7. The van der Waals surface area contributed by atoms with Gasteiger partial charge in [0.15, 0.2) is 0 Å². The lowest BCUT2D eigenvalue weighted by molar-refractivity contribution is 0.792. The van der Waals surface area contributed by atoms with Crippen molar-refractivity contribution in [2.24, 2.45) is 0 Å². The number of hydrogen-bond acceptors (Lipinski definition) is 1. The fourth-order valence-electron chi connectivity index (χ4n) is 7.43. The number of hydrogen-bond donors (Lipinski definition) is 0. The van der Waals surface area contributed by atoms with Crippen LogP contribution in [-0.4, -0.2) is 4.98 Å². The Bertz CT molecular complexity index is 1880. The molecule has 0 saturated carbocycles. The van der Waals surface area contributed by atoms with Crippen molar-refractivity contribution in [2.45, 2.75) is 11.8 Å². The van der Waals surface area contributed by atoms with E-state index in [9.17, 15) is 0 Å². The lowest BCUT2D eigenvalue weighted by atomic mass is 9.70. The molecule has 6 aromatic rings. The predicted octanol–water partition coefficient (Wildman–Crippen LogP) is 8.15. The standard InChI is InChI=1S/C35H21N/c1-4-12-29-23(8-1)24-9-2-5-13-30(24)35(29)31-14-6-3-10-25(31)28-20-27-22(19-32(28)35)18-21-15-16-33-26(34(21)27)11-7-17-36-33/h1-17,19-20H,18H2. The van der Waals surface area contributed by atoms with Gasteiger partial charge in [-0.25, -0.2) is 0 Å². The SMILES string of the molecule is c1ccc2c(c1)-c1ccccc1C21c2ccccc2-c2cc3c(cc21)Cc1ccc2ncccc2c1-3. The fraction of sp³-hybridized carbons (Fsp3) is 0.0571. The summed E-state index contributed by atoms with van der Waals surface area (Å²) in [6.45, 7) is 0. The Morgan fingerprint density at radius 2 is 1.14 bits per heavy atom. The summed E-state index contributed by atoms with van der Waals surface area (Å²) in [7, 11) is 0. The summed E-state index contributed by atoms with van der Waals surface area (Å²) in [6, 6.07) is 40.9. The summed E-state index contributed by atoms with van der Waals surface area (Å²) >= 11 is 0. The van der Waals surface area contributed by atoms with E-state index in [2.05, 4.69) is 114 Å². The van der Waals surface area contributed by atoms with Crippen molar-refractivity contribution in [3.63, 3.8) is 0 Å². The van der Waals surface area contributed by atoms with Gasteiger partial charge >= 0.3 is 0 Å². The molecule has 0 fully saturated rings. The third kappa shape index (κ3) is 2.04. The van der Waals surface area contributed by atoms with Gasteiger partial charge in [-0.2, -0.15) is 0 Å². The molecule has 1 spiro atoms. The van der Waals surface area contributed by atoms with Gasteiger partial charge in [0.25, 0.3) is 0 Å². The summed E-state index contributed by atoms with van der Waals surface area (Å²) in [6.07, 6.45) is 2.86. The van der Waals surface area contributed by atoms with Gasteiger partial charge in [-0.05, 0) is 91.4 Å². The lowest BCUT2D eigenvalue weighted by Gasteiger charge is -2.30. The zero-order valence-corrected chi connectivity index (χ0v) is 19.6. The second-order valence-corrected chi connectivity index (χ2v) is 10.3. The van der Waals surface area contributed by atoms with Crippen molar-refractivity contribution < 1.29 is 0 Å². The Kier molecular flexibility index (Phi) is 3.33. The molecule has 5 aromatic carbocycles. The number of rotatable bonds is 0. The summed E-state index contributed by atoms with van der Waals surface area (Å²) in [5.74, 6) is 0. The minimum absolute atomic E-state index is 0.271. The predicted molar refractivity (Wildman–Crippen MR) is 146 cm³/mol. The molecule has 0 radical (unpaired) electrons. The van der Waals surface area contributed by atoms with Crippen LogP contribution in [0.2, 0.25) is 0 Å². The van der Waals surface area contributed by atoms with Crippen LogP contribution < -0.4 is 0 Å². The Labute approximate surface area is 209 Å². The van der Waals surface area contributed by atoms with Crippen LogP contribution in [0.3, 0.4) is 0 Å². The van der Waals surface area contributed by atoms with Crippen LogP contribution in [0.15, 0.2) is 115 Å². The van der Waals surface area contributed by atoms with E-state index < -0.39 is 0 Å². The van der Waals surface area contributed by atoms with E-state index in [4.69, 9.17) is 0 Å². The highest BCUT2D eigenvalue weighted by atomic mass is 14.6. The van der Waals surface area contributed by atoms with Crippen molar-refractivity contribution in [1.82, 2.24) is 4.98 Å². The van der Waals surface area contributed by atoms with E-state index in [0.717, 1.165) is 11.9 Å². The monoisotopic (exact) mass is 455 g/mol. The highest BCUT2D eigenvalue weighted by molar-refractivity contribution is 6.02. The van der Waals surface area contributed by atoms with Crippen molar-refractivity contribution in [3.8, 4) is 33.4 Å². The molecule has 166 valence electrons. The second kappa shape index (κ2) is 6.38. The molecular formula is C35H21N. The molecule has 0 atom stereocenters. The number of nitrogens with zero attached hydrogens (tertiary/aromatic N) is 1. The topological polar surface area (TPSA) is 12.9 Å². The van der Waals surface area contributed by atoms with E-state index in [0.29, 0.717) is 0 Å². The molecule has 0 N–H and O–H groups in total. The molecule has 0 aliphatic heterocycles. The van der Waals surface area contributed by atoms with Gasteiger partial charge in [-0.3, -0.25) is 4.98 Å². The quantitative estimate of drug-likeness (QED) is 0.225. The highest BCUT2D eigenvalue weighted by Crippen LogP contribution is 2.63. The van der Waals surface area contributed by atoms with E-state index in [1.807, 2.05) is 6.20 Å². The smallest absolute Gasteiger partial charge is 0.0725 e. The molecule has 3 aliphatic carbocycles. The Hall–Kier alpha value is -4.49. The molecule has 1 heterocycles. The first-order chi connectivity index (χ1) is 17.9. The summed E-state index contributed by atoms with van der Waals surface area (Å²) in [5, 5.41) is 1.26. The molecule has 0 unspecified atom stereocenters. The van der Waals surface area contributed by atoms with Crippen LogP contribution in [0.1, 0.15) is 33.4 Å². The molecule has 1 nitrogen and oxygen atoms in total. The van der Waals surface area contributed by atoms with Gasteiger partial charge in [0, 0.05) is 11.6 Å². The van der Waals surface area contributed by atoms with Gasteiger partial charge in [0.05, 0.1) is 10.9 Å². The normalized spacial score (nSPS) is 14.8. The molecule has 1 heteroatoms. The average Bonchev–Trinajstić information content (AvgIpc) is 3.55. The van der Waals surface area contributed by atoms with Crippen molar-refractivity contribution >= 4 is 10.9 Å². The van der Waals surface area contributed by atoms with Crippen LogP contribution >= 0.6 is 0 Å². The van der Waals surface area contributed by atoms with Crippen molar-refractivity contribution in [3.05, 3.63) is 149 Å². The second-order valence-electron chi connectivity index (χ2n) is 10.3. The number of aromatic nitrogens is 1. The van der Waals surface area contributed by atoms with Gasteiger partial charge in [0.1, 0.15) is 0 Å². The van der Waals surface area contributed by atoms with E-state index in [1.54, 1.807) is 0 Å². The third-order valence-corrected chi connectivity index (χ3v) is 8.74. The highest BCUT2D eigenvalue weighted by Gasteiger charge is 2.51. The van der Waals surface area contributed by atoms with Gasteiger partial charge in [-0.15, -0.1) is 0 Å². The maximum absolute atomic E-state index is 4.65. The lowest BCUT2D eigenvalue weighted by Crippen LogP contribution is -2.26. The number of fused-ring (bicyclic) bond motifs is 15. The molecule has 0 amide bonds. The average molecular weight is 456 g/mol. The molecule has 0 bridgehead atoms. The Morgan fingerprint density at radius 1 is 0.500 bits per heavy atom. The first kappa shape index (κ1) is 18.8. The maximum atomic E-state index is 4.65. The van der Waals surface area contributed by atoms with Crippen molar-refractivity contribution in [1.29, 1.82) is 0 Å². The fourth-order valence-corrected chi connectivity index (χ4v) is 7.43. The molecule has 3 aliphatic rings. The Morgan fingerprint density at radius 3 is 1.83 bits per heavy atom. The maximum Gasteiger partial charge on any atom is 0.0725 e. The van der Waals surface area contributed by atoms with Crippen LogP contribution in [0.25, 0.3) is 44.3 Å². The van der Waals surface area contributed by atoms with Crippen LogP contribution in [-0.2, 0) is 11.8 Å². The Balaban J connectivity index is 1.43. The van der Waals surface area contributed by atoms with Gasteiger partial charge in [0.2, 0.25) is 0 Å². The van der Waals surface area contributed by atoms with Crippen LogP contribution in [0.5, 0.6) is 0 Å². The van der Waals surface area contributed by atoms with E-state index >= 15 is 0 Å². The summed E-state index contributed by atoms with van der Waals surface area (Å²) < 4.78 is 0. The van der Waals surface area contributed by atoms with E-state index in [1.165, 1.54) is 72.1 Å². The van der Waals surface area contributed by atoms with E-state index in [-0.39, 0.29) is 5.41 Å². The van der Waals surface area contributed by atoms with Gasteiger partial charge < -0.3 is 0 Å². The zero-order chi connectivity index (χ0) is 23.4. The summed E-state index contributed by atoms with van der Waals surface area (Å²) in [5.41, 5.74) is 17.4.